The van der Waals surface area contributed by atoms with Gasteiger partial charge in [-0.25, -0.2) is 4.98 Å². The molecule has 3 rings (SSSR count). The van der Waals surface area contributed by atoms with Crippen LogP contribution in [0.25, 0.3) is 0 Å². The van der Waals surface area contributed by atoms with Crippen LogP contribution in [0.3, 0.4) is 0 Å². The van der Waals surface area contributed by atoms with Crippen molar-refractivity contribution in [3.63, 3.8) is 0 Å². The normalized spacial score (nSPS) is 11.6. The summed E-state index contributed by atoms with van der Waals surface area (Å²) in [5, 5.41) is 5.34. The van der Waals surface area contributed by atoms with Crippen molar-refractivity contribution in [3.05, 3.63) is 82.5 Å². The molecule has 0 unspecified atom stereocenters. The fourth-order valence-electron chi connectivity index (χ4n) is 3.20. The van der Waals surface area contributed by atoms with E-state index in [1.165, 1.54) is 18.3 Å². The van der Waals surface area contributed by atoms with Gasteiger partial charge in [0.2, 0.25) is 0 Å². The van der Waals surface area contributed by atoms with E-state index in [-0.39, 0.29) is 22.6 Å². The molecule has 12 heteroatoms. The number of aromatic nitrogens is 1. The molecule has 0 aliphatic carbocycles. The lowest BCUT2D eigenvalue weighted by Gasteiger charge is -2.16. The number of pyridine rings is 1. The lowest BCUT2D eigenvalue weighted by Crippen LogP contribution is -2.23. The zero-order chi connectivity index (χ0) is 26.5. The summed E-state index contributed by atoms with van der Waals surface area (Å²) in [6.45, 7) is 0. The summed E-state index contributed by atoms with van der Waals surface area (Å²) >= 11 is 5.78. The smallest absolute Gasteiger partial charge is 0.406 e. The van der Waals surface area contributed by atoms with Crippen LogP contribution in [0.2, 0.25) is 5.02 Å². The number of rotatable bonds is 6. The van der Waals surface area contributed by atoms with Gasteiger partial charge in [0.1, 0.15) is 17.4 Å². The number of amidine groups is 1. The Balaban J connectivity index is 1.88. The second-order valence-corrected chi connectivity index (χ2v) is 7.98. The third kappa shape index (κ3) is 6.95. The second kappa shape index (κ2) is 11.1. The summed E-state index contributed by atoms with van der Waals surface area (Å²) in [7, 11) is 5.32. The van der Waals surface area contributed by atoms with Gasteiger partial charge in [0.15, 0.2) is 0 Å². The van der Waals surface area contributed by atoms with Gasteiger partial charge in [-0.1, -0.05) is 23.7 Å². The number of ether oxygens (including phenoxy) is 1. The van der Waals surface area contributed by atoms with Crippen molar-refractivity contribution in [3.8, 4) is 5.75 Å². The number of carbonyl (C=O) groups excluding carboxylic acids is 2. The molecule has 3 aromatic rings. The van der Waals surface area contributed by atoms with Gasteiger partial charge < -0.3 is 20.3 Å². The van der Waals surface area contributed by atoms with Gasteiger partial charge >= 0.3 is 6.36 Å². The minimum atomic E-state index is -4.97. The number of aliphatic imine (C=N–C) groups is 1. The van der Waals surface area contributed by atoms with Crippen molar-refractivity contribution in [1.29, 1.82) is 0 Å². The highest BCUT2D eigenvalue weighted by atomic mass is 35.5. The first-order valence-corrected chi connectivity index (χ1v) is 10.7. The Morgan fingerprint density at radius 1 is 0.972 bits per heavy atom. The van der Waals surface area contributed by atoms with Gasteiger partial charge in [-0.15, -0.1) is 13.2 Å². The predicted molar refractivity (Wildman–Crippen MR) is 131 cm³/mol. The Labute approximate surface area is 209 Å². The number of halogens is 4. The Morgan fingerprint density at radius 3 is 2.19 bits per heavy atom. The van der Waals surface area contributed by atoms with Gasteiger partial charge in [-0.3, -0.25) is 14.6 Å². The van der Waals surface area contributed by atoms with E-state index in [4.69, 9.17) is 11.6 Å². The van der Waals surface area contributed by atoms with Crippen LogP contribution in [-0.2, 0) is 0 Å². The number of amides is 2. The van der Waals surface area contributed by atoms with Crippen LogP contribution in [0.1, 0.15) is 26.3 Å². The van der Waals surface area contributed by atoms with Crippen molar-refractivity contribution >= 4 is 40.8 Å². The third-order valence-electron chi connectivity index (χ3n) is 4.73. The number of hydrogen-bond acceptors (Lipinski definition) is 5. The van der Waals surface area contributed by atoms with Crippen LogP contribution < -0.4 is 15.4 Å². The van der Waals surface area contributed by atoms with Crippen LogP contribution in [0, 0.1) is 0 Å². The van der Waals surface area contributed by atoms with E-state index in [9.17, 15) is 22.8 Å². The Hall–Kier alpha value is -4.12. The van der Waals surface area contributed by atoms with E-state index >= 15 is 0 Å². The first kappa shape index (κ1) is 26.5. The minimum Gasteiger partial charge on any atom is -0.406 e. The van der Waals surface area contributed by atoms with Gasteiger partial charge in [-0.05, 0) is 42.5 Å². The number of hydrogen-bond donors (Lipinski definition) is 2. The SMILES string of the molecule is CN=C(c1ccc(C(=O)Nc2ccc(OC(F)(F)F)cc2C(=O)Nc2ccc(Cl)cn2)cc1)N(C)C. The minimum absolute atomic E-state index is 0.0332. The van der Waals surface area contributed by atoms with E-state index in [0.29, 0.717) is 10.9 Å². The highest BCUT2D eigenvalue weighted by molar-refractivity contribution is 6.30. The standard InChI is InChI=1S/C24H21ClF3N5O3/c1-29-21(33(2)3)14-4-6-15(7-5-14)22(34)31-19-10-9-17(36-24(26,27)28)12-18(19)23(35)32-20-11-8-16(25)13-30-20/h4-13H,1-3H3,(H,31,34)(H,30,32,35). The molecule has 0 saturated heterocycles. The Kier molecular flexibility index (Phi) is 8.15. The van der Waals surface area contributed by atoms with Crippen molar-refractivity contribution in [2.75, 3.05) is 31.8 Å². The van der Waals surface area contributed by atoms with Crippen LogP contribution in [0.15, 0.2) is 65.8 Å². The summed E-state index contributed by atoms with van der Waals surface area (Å²) in [5.41, 5.74) is 0.734. The van der Waals surface area contributed by atoms with Crippen molar-refractivity contribution in [2.24, 2.45) is 4.99 Å². The first-order chi connectivity index (χ1) is 17.0. The predicted octanol–water partition coefficient (Wildman–Crippen LogP) is 5.08. The molecule has 0 atom stereocenters. The average molecular weight is 520 g/mol. The quantitative estimate of drug-likeness (QED) is 0.350. The van der Waals surface area contributed by atoms with E-state index in [2.05, 4.69) is 25.3 Å². The van der Waals surface area contributed by atoms with Crippen LogP contribution in [0.5, 0.6) is 5.75 Å². The zero-order valence-corrected chi connectivity index (χ0v) is 20.1. The molecule has 2 aromatic carbocycles. The molecule has 188 valence electrons. The molecular formula is C24H21ClF3N5O3. The fraction of sp³-hybridized carbons (Fsp3) is 0.167. The number of anilines is 2. The molecule has 0 radical (unpaired) electrons. The average Bonchev–Trinajstić information content (AvgIpc) is 2.81. The number of benzene rings is 2. The molecule has 0 fully saturated rings. The van der Waals surface area contributed by atoms with E-state index in [0.717, 1.165) is 23.8 Å². The first-order valence-electron chi connectivity index (χ1n) is 10.4. The molecule has 0 saturated carbocycles. The maximum Gasteiger partial charge on any atom is 0.573 e. The van der Waals surface area contributed by atoms with Gasteiger partial charge in [0, 0.05) is 38.5 Å². The van der Waals surface area contributed by atoms with Gasteiger partial charge in [0.25, 0.3) is 11.8 Å². The second-order valence-electron chi connectivity index (χ2n) is 7.54. The number of alkyl halides is 3. The highest BCUT2D eigenvalue weighted by Crippen LogP contribution is 2.28. The van der Waals surface area contributed by atoms with Crippen molar-refractivity contribution in [1.82, 2.24) is 9.88 Å². The topological polar surface area (TPSA) is 95.9 Å². The lowest BCUT2D eigenvalue weighted by atomic mass is 10.1. The van der Waals surface area contributed by atoms with E-state index in [1.807, 2.05) is 19.0 Å². The molecule has 0 bridgehead atoms. The maximum atomic E-state index is 12.9. The molecule has 1 heterocycles. The molecule has 0 spiro atoms. The van der Waals surface area contributed by atoms with Crippen molar-refractivity contribution < 1.29 is 27.5 Å². The van der Waals surface area contributed by atoms with E-state index < -0.39 is 23.9 Å². The molecule has 2 N–H and O–H groups in total. The molecule has 0 aliphatic heterocycles. The van der Waals surface area contributed by atoms with Gasteiger partial charge in [0.05, 0.1) is 16.3 Å². The third-order valence-corrected chi connectivity index (χ3v) is 4.95. The number of carbonyl (C=O) groups is 2. The maximum absolute atomic E-state index is 12.9. The Bertz CT molecular complexity index is 1280. The zero-order valence-electron chi connectivity index (χ0n) is 19.4. The summed E-state index contributed by atoms with van der Waals surface area (Å²) in [6, 6.07) is 12.4. The Morgan fingerprint density at radius 2 is 1.64 bits per heavy atom. The van der Waals surface area contributed by atoms with Crippen LogP contribution in [-0.4, -0.2) is 55.0 Å². The summed E-state index contributed by atoms with van der Waals surface area (Å²) < 4.78 is 42.1. The monoisotopic (exact) mass is 519 g/mol. The summed E-state index contributed by atoms with van der Waals surface area (Å²) in [4.78, 5) is 35.7. The summed E-state index contributed by atoms with van der Waals surface area (Å²) in [6.07, 6.45) is -3.68. The lowest BCUT2D eigenvalue weighted by molar-refractivity contribution is -0.274. The number of nitrogens with one attached hydrogen (secondary N) is 2. The molecule has 0 aliphatic rings. The summed E-state index contributed by atoms with van der Waals surface area (Å²) in [5.74, 6) is -1.22. The number of nitrogens with zero attached hydrogens (tertiary/aromatic N) is 3. The molecule has 8 nitrogen and oxygen atoms in total. The molecule has 1 aromatic heterocycles. The highest BCUT2D eigenvalue weighted by Gasteiger charge is 2.31. The molecular weight excluding hydrogens is 499 g/mol. The van der Waals surface area contributed by atoms with Gasteiger partial charge in [-0.2, -0.15) is 0 Å². The van der Waals surface area contributed by atoms with E-state index in [1.54, 1.807) is 31.3 Å². The fourth-order valence-corrected chi connectivity index (χ4v) is 3.31. The largest absolute Gasteiger partial charge is 0.573 e. The molecule has 2 amide bonds. The van der Waals surface area contributed by atoms with Crippen LogP contribution in [0.4, 0.5) is 24.7 Å². The molecule has 36 heavy (non-hydrogen) atoms. The van der Waals surface area contributed by atoms with Crippen LogP contribution >= 0.6 is 11.6 Å². The van der Waals surface area contributed by atoms with Crippen molar-refractivity contribution in [2.45, 2.75) is 6.36 Å².